The highest BCUT2D eigenvalue weighted by Gasteiger charge is 2.30. The van der Waals surface area contributed by atoms with Crippen LogP contribution in [0.3, 0.4) is 0 Å². The third-order valence-corrected chi connectivity index (χ3v) is 7.18. The zero-order valence-electron chi connectivity index (χ0n) is 25.1. The van der Waals surface area contributed by atoms with E-state index in [4.69, 9.17) is 28.7 Å². The number of nitrogens with zero attached hydrogens (tertiary/aromatic N) is 1. The van der Waals surface area contributed by atoms with Gasteiger partial charge in [-0.05, 0) is 69.7 Å². The Bertz CT molecular complexity index is 1250. The van der Waals surface area contributed by atoms with Gasteiger partial charge >= 0.3 is 5.97 Å². The summed E-state index contributed by atoms with van der Waals surface area (Å²) in [6, 6.07) is 3.33. The lowest BCUT2D eigenvalue weighted by Crippen LogP contribution is -2.57. The summed E-state index contributed by atoms with van der Waals surface area (Å²) in [7, 11) is 0. The highest BCUT2D eigenvalue weighted by Crippen LogP contribution is 2.19. The molecule has 2 aromatic rings. The molecule has 0 aliphatic rings. The fraction of sp³-hybridized carbons (Fsp3) is 0.552. The second kappa shape index (κ2) is 19.1. The minimum atomic E-state index is -1.23. The number of nitrogens with two attached hydrogens (primary N) is 5. The first-order valence-electron chi connectivity index (χ1n) is 15.0. The van der Waals surface area contributed by atoms with Crippen molar-refractivity contribution in [1.29, 1.82) is 0 Å². The number of carboxylic acids is 1. The van der Waals surface area contributed by atoms with Gasteiger partial charge in [-0.3, -0.25) is 19.4 Å². The Morgan fingerprint density at radius 1 is 0.795 bits per heavy atom. The first-order chi connectivity index (χ1) is 21.1. The van der Waals surface area contributed by atoms with Gasteiger partial charge in [0.1, 0.15) is 18.1 Å². The van der Waals surface area contributed by atoms with Gasteiger partial charge < -0.3 is 54.7 Å². The van der Waals surface area contributed by atoms with Gasteiger partial charge in [-0.15, -0.1) is 0 Å². The molecule has 0 saturated carbocycles. The number of aliphatic imine (C=N–C) groups is 1. The van der Waals surface area contributed by atoms with Crippen LogP contribution in [0.1, 0.15) is 56.9 Å². The molecule has 15 nitrogen and oxygen atoms in total. The number of amides is 3. The largest absolute Gasteiger partial charge is 0.480 e. The summed E-state index contributed by atoms with van der Waals surface area (Å²) in [5.74, 6) is -3.12. The van der Waals surface area contributed by atoms with Crippen LogP contribution in [0, 0.1) is 0 Å². The van der Waals surface area contributed by atoms with Crippen LogP contribution in [0.5, 0.6) is 0 Å². The van der Waals surface area contributed by atoms with Gasteiger partial charge in [0.2, 0.25) is 17.7 Å². The standard InChI is InChI=1S/C29H48N10O5/c30-13-5-3-9-20(32)25(40)39-24(16-18-17-36-21-10-2-1-8-19(18)21)27(42)37-22(11-4-6-14-31)26(41)38-23(28(43)44)12-7-15-35-29(33)34/h1-2,8,10,17,20,22-24,36H,3-7,9,11-16,30-32H2,(H,37,42)(H,38,41)(H,39,40)(H,43,44)(H4,33,34,35). The van der Waals surface area contributed by atoms with E-state index >= 15 is 0 Å². The number of unbranched alkanes of at least 4 members (excludes halogenated alkanes) is 2. The lowest BCUT2D eigenvalue weighted by Gasteiger charge is -2.25. The summed E-state index contributed by atoms with van der Waals surface area (Å²) in [4.78, 5) is 58.9. The third-order valence-electron chi connectivity index (χ3n) is 7.18. The highest BCUT2D eigenvalue weighted by atomic mass is 16.4. The molecule has 244 valence electrons. The van der Waals surface area contributed by atoms with E-state index in [1.54, 1.807) is 6.20 Å². The summed E-state index contributed by atoms with van der Waals surface area (Å²) in [6.07, 6.45) is 5.34. The fourth-order valence-corrected chi connectivity index (χ4v) is 4.72. The van der Waals surface area contributed by atoms with Gasteiger partial charge in [-0.25, -0.2) is 4.79 Å². The van der Waals surface area contributed by atoms with Gasteiger partial charge in [-0.1, -0.05) is 24.6 Å². The molecule has 15 N–H and O–H groups in total. The maximum atomic E-state index is 13.7. The second-order valence-electron chi connectivity index (χ2n) is 10.7. The van der Waals surface area contributed by atoms with E-state index in [1.165, 1.54) is 0 Å². The lowest BCUT2D eigenvalue weighted by molar-refractivity contribution is -0.142. The van der Waals surface area contributed by atoms with Crippen LogP contribution >= 0.6 is 0 Å². The smallest absolute Gasteiger partial charge is 0.326 e. The average molecular weight is 617 g/mol. The number of guanidine groups is 1. The first kappa shape index (κ1) is 36.0. The second-order valence-corrected chi connectivity index (χ2v) is 10.7. The number of para-hydroxylation sites is 1. The zero-order valence-corrected chi connectivity index (χ0v) is 25.1. The number of aliphatic carboxylic acids is 1. The molecule has 0 radical (unpaired) electrons. The van der Waals surface area contributed by atoms with Crippen LogP contribution in [-0.4, -0.2) is 83.5 Å². The van der Waals surface area contributed by atoms with Crippen molar-refractivity contribution in [3.8, 4) is 0 Å². The minimum Gasteiger partial charge on any atom is -0.480 e. The Morgan fingerprint density at radius 2 is 1.39 bits per heavy atom. The van der Waals surface area contributed by atoms with E-state index in [0.29, 0.717) is 51.6 Å². The SMILES string of the molecule is NCCCCC(N)C(=O)NC(Cc1c[nH]c2ccccc12)C(=O)NC(CCCCN)C(=O)NC(CCCN=C(N)N)C(=O)O. The van der Waals surface area contributed by atoms with Gasteiger partial charge in [0.05, 0.1) is 6.04 Å². The average Bonchev–Trinajstić information content (AvgIpc) is 3.40. The number of H-pyrrole nitrogens is 1. The Balaban J connectivity index is 2.24. The molecule has 0 saturated heterocycles. The predicted octanol–water partition coefficient (Wildman–Crippen LogP) is -1.11. The van der Waals surface area contributed by atoms with Gasteiger partial charge in [0.15, 0.2) is 5.96 Å². The number of hydrogen-bond donors (Lipinski definition) is 10. The van der Waals surface area contributed by atoms with Crippen molar-refractivity contribution in [1.82, 2.24) is 20.9 Å². The van der Waals surface area contributed by atoms with Crippen molar-refractivity contribution >= 4 is 40.6 Å². The van der Waals surface area contributed by atoms with Crippen molar-refractivity contribution in [2.75, 3.05) is 19.6 Å². The lowest BCUT2D eigenvalue weighted by atomic mass is 10.0. The van der Waals surface area contributed by atoms with Gasteiger partial charge in [0, 0.05) is 30.1 Å². The van der Waals surface area contributed by atoms with Crippen LogP contribution in [0.2, 0.25) is 0 Å². The van der Waals surface area contributed by atoms with Crippen LogP contribution in [-0.2, 0) is 25.6 Å². The number of benzene rings is 1. The fourth-order valence-electron chi connectivity index (χ4n) is 4.72. The number of rotatable bonds is 21. The van der Waals surface area contributed by atoms with E-state index in [-0.39, 0.29) is 31.8 Å². The molecule has 4 atom stereocenters. The number of fused-ring (bicyclic) bond motifs is 1. The number of aromatic nitrogens is 1. The molecule has 0 fully saturated rings. The Kier molecular flexibility index (Phi) is 15.7. The first-order valence-corrected chi connectivity index (χ1v) is 15.0. The number of nitrogens with one attached hydrogen (secondary N) is 4. The van der Waals surface area contributed by atoms with Crippen molar-refractivity contribution in [2.45, 2.75) is 82.0 Å². The van der Waals surface area contributed by atoms with Crippen molar-refractivity contribution < 1.29 is 24.3 Å². The molecule has 4 unspecified atom stereocenters. The van der Waals surface area contributed by atoms with Crippen LogP contribution < -0.4 is 44.6 Å². The quantitative estimate of drug-likeness (QED) is 0.0458. The van der Waals surface area contributed by atoms with Crippen molar-refractivity contribution in [2.24, 2.45) is 33.7 Å². The Labute approximate surface area is 257 Å². The summed E-state index contributed by atoms with van der Waals surface area (Å²) in [6.45, 7) is 1.06. The van der Waals surface area contributed by atoms with Gasteiger partial charge in [-0.2, -0.15) is 0 Å². The Hall–Kier alpha value is -4.21. The molecule has 1 aromatic heterocycles. The molecular weight excluding hydrogens is 568 g/mol. The molecule has 0 aliphatic carbocycles. The number of carboxylic acid groups (broad SMARTS) is 1. The van der Waals surface area contributed by atoms with E-state index in [0.717, 1.165) is 16.5 Å². The number of carbonyl (C=O) groups excluding carboxylic acids is 3. The van der Waals surface area contributed by atoms with Crippen LogP contribution in [0.25, 0.3) is 10.9 Å². The number of aromatic amines is 1. The molecule has 15 heteroatoms. The van der Waals surface area contributed by atoms with Gasteiger partial charge in [0.25, 0.3) is 0 Å². The van der Waals surface area contributed by atoms with E-state index in [1.807, 2.05) is 24.3 Å². The molecule has 0 spiro atoms. The summed E-state index contributed by atoms with van der Waals surface area (Å²) < 4.78 is 0. The zero-order chi connectivity index (χ0) is 32.5. The monoisotopic (exact) mass is 616 g/mol. The molecule has 1 aromatic carbocycles. The molecular formula is C29H48N10O5. The van der Waals surface area contributed by atoms with E-state index in [2.05, 4.69) is 25.9 Å². The summed E-state index contributed by atoms with van der Waals surface area (Å²) in [5, 5.41) is 18.6. The van der Waals surface area contributed by atoms with Crippen LogP contribution in [0.4, 0.5) is 0 Å². The van der Waals surface area contributed by atoms with Crippen LogP contribution in [0.15, 0.2) is 35.5 Å². The predicted molar refractivity (Wildman–Crippen MR) is 169 cm³/mol. The molecule has 2 rings (SSSR count). The molecule has 3 amide bonds. The maximum Gasteiger partial charge on any atom is 0.326 e. The normalized spacial score (nSPS) is 13.8. The maximum absolute atomic E-state index is 13.7. The molecule has 44 heavy (non-hydrogen) atoms. The van der Waals surface area contributed by atoms with Crippen molar-refractivity contribution in [3.63, 3.8) is 0 Å². The van der Waals surface area contributed by atoms with E-state index < -0.39 is 47.9 Å². The molecule has 0 bridgehead atoms. The topological polar surface area (TPSA) is 283 Å². The molecule has 0 aliphatic heterocycles. The third kappa shape index (κ3) is 12.2. The van der Waals surface area contributed by atoms with E-state index in [9.17, 15) is 24.3 Å². The summed E-state index contributed by atoms with van der Waals surface area (Å²) >= 11 is 0. The minimum absolute atomic E-state index is 0.0720. The molecule has 1 heterocycles. The van der Waals surface area contributed by atoms with Crippen molar-refractivity contribution in [3.05, 3.63) is 36.0 Å². The Morgan fingerprint density at radius 3 is 2.05 bits per heavy atom. The highest BCUT2D eigenvalue weighted by molar-refractivity contribution is 5.94. The summed E-state index contributed by atoms with van der Waals surface area (Å²) in [5.41, 5.74) is 29.6. The number of hydrogen-bond acceptors (Lipinski definition) is 8. The number of carbonyl (C=O) groups is 4.